The Morgan fingerprint density at radius 2 is 2.13 bits per heavy atom. The average molecular weight is 344 g/mol. The maximum atomic E-state index is 13.7. The Bertz CT molecular complexity index is 604. The van der Waals surface area contributed by atoms with E-state index in [1.807, 2.05) is 6.92 Å². The maximum Gasteiger partial charge on any atom is 0.256 e. The number of aliphatic hydroxyl groups is 1. The molecule has 1 atom stereocenters. The van der Waals surface area contributed by atoms with Gasteiger partial charge in [-0.05, 0) is 32.9 Å². The second-order valence-electron chi connectivity index (χ2n) is 6.73. The van der Waals surface area contributed by atoms with Crippen molar-refractivity contribution in [3.63, 3.8) is 0 Å². The van der Waals surface area contributed by atoms with Crippen LogP contribution in [0.25, 0.3) is 0 Å². The Hall–Kier alpha value is -1.37. The van der Waals surface area contributed by atoms with Gasteiger partial charge < -0.3 is 15.7 Å². The Balaban J connectivity index is 2.12. The van der Waals surface area contributed by atoms with Crippen molar-refractivity contribution in [3.05, 3.63) is 28.5 Å². The highest BCUT2D eigenvalue weighted by Gasteiger charge is 2.31. The molecule has 7 heteroatoms. The predicted molar refractivity (Wildman–Crippen MR) is 89.1 cm³/mol. The van der Waals surface area contributed by atoms with Crippen LogP contribution in [0.1, 0.15) is 31.1 Å². The zero-order valence-corrected chi connectivity index (χ0v) is 14.4. The molecule has 1 aliphatic rings. The molecule has 2 rings (SSSR count). The van der Waals surface area contributed by atoms with Crippen LogP contribution in [-0.4, -0.2) is 58.6 Å². The van der Waals surface area contributed by atoms with Crippen molar-refractivity contribution >= 4 is 23.2 Å². The molecule has 1 heterocycles. The van der Waals surface area contributed by atoms with Crippen LogP contribution in [0.4, 0.5) is 10.1 Å². The smallest absolute Gasteiger partial charge is 0.256 e. The second kappa shape index (κ2) is 6.63. The number of benzene rings is 1. The number of nitrogens with zero attached hydrogens (tertiary/aromatic N) is 2. The first kappa shape index (κ1) is 18.0. The van der Waals surface area contributed by atoms with Gasteiger partial charge in [0, 0.05) is 37.2 Å². The van der Waals surface area contributed by atoms with Crippen molar-refractivity contribution in [2.45, 2.75) is 32.4 Å². The van der Waals surface area contributed by atoms with Crippen LogP contribution >= 0.6 is 11.6 Å². The summed E-state index contributed by atoms with van der Waals surface area (Å²) in [6.45, 7) is 7.66. The Kier molecular flexibility index (Phi) is 5.18. The lowest BCUT2D eigenvalue weighted by atomic mass is 10.1. The molecule has 0 bridgehead atoms. The van der Waals surface area contributed by atoms with Gasteiger partial charge in [-0.1, -0.05) is 11.6 Å². The number of anilines is 1. The second-order valence-corrected chi connectivity index (χ2v) is 7.17. The van der Waals surface area contributed by atoms with E-state index in [4.69, 9.17) is 17.3 Å². The van der Waals surface area contributed by atoms with Gasteiger partial charge in [0.05, 0.1) is 16.9 Å². The fourth-order valence-corrected chi connectivity index (χ4v) is 3.05. The van der Waals surface area contributed by atoms with E-state index in [2.05, 4.69) is 4.90 Å². The molecule has 1 fully saturated rings. The van der Waals surface area contributed by atoms with Crippen LogP contribution in [-0.2, 0) is 0 Å². The van der Waals surface area contributed by atoms with Gasteiger partial charge in [-0.2, -0.15) is 0 Å². The fourth-order valence-electron chi connectivity index (χ4n) is 2.84. The Labute approximate surface area is 140 Å². The van der Waals surface area contributed by atoms with Crippen molar-refractivity contribution in [3.8, 4) is 0 Å². The molecule has 5 nitrogen and oxygen atoms in total. The summed E-state index contributed by atoms with van der Waals surface area (Å²) in [5.74, 6) is -1.01. The van der Waals surface area contributed by atoms with Crippen LogP contribution in [0, 0.1) is 5.82 Å². The zero-order valence-electron chi connectivity index (χ0n) is 13.6. The number of hydrogen-bond acceptors (Lipinski definition) is 4. The third kappa shape index (κ3) is 4.34. The third-order valence-electron chi connectivity index (χ3n) is 3.97. The van der Waals surface area contributed by atoms with Gasteiger partial charge in [-0.15, -0.1) is 0 Å². The molecular weight excluding hydrogens is 321 g/mol. The number of hydrogen-bond donors (Lipinski definition) is 2. The van der Waals surface area contributed by atoms with Crippen LogP contribution < -0.4 is 5.73 Å². The lowest BCUT2D eigenvalue weighted by Gasteiger charge is -2.42. The zero-order chi connectivity index (χ0) is 17.4. The van der Waals surface area contributed by atoms with Crippen molar-refractivity contribution in [2.75, 3.05) is 31.9 Å². The molecule has 0 radical (unpaired) electrons. The van der Waals surface area contributed by atoms with E-state index in [1.165, 1.54) is 6.07 Å². The summed E-state index contributed by atoms with van der Waals surface area (Å²) in [5.41, 5.74) is 4.81. The minimum atomic E-state index is -0.791. The molecule has 0 saturated carbocycles. The van der Waals surface area contributed by atoms with E-state index in [9.17, 15) is 14.3 Å². The lowest BCUT2D eigenvalue weighted by molar-refractivity contribution is -0.00142. The summed E-state index contributed by atoms with van der Waals surface area (Å²) >= 11 is 5.83. The first-order valence-corrected chi connectivity index (χ1v) is 7.96. The normalized spacial score (nSPS) is 19.9. The minimum Gasteiger partial charge on any atom is -0.396 e. The largest absolute Gasteiger partial charge is 0.396 e. The van der Waals surface area contributed by atoms with Gasteiger partial charge in [-0.25, -0.2) is 4.39 Å². The molecule has 1 aromatic rings. The first-order valence-electron chi connectivity index (χ1n) is 7.58. The summed E-state index contributed by atoms with van der Waals surface area (Å²) in [6, 6.07) is 2.58. The van der Waals surface area contributed by atoms with Crippen LogP contribution in [0.3, 0.4) is 0 Å². The van der Waals surface area contributed by atoms with Gasteiger partial charge in [0.1, 0.15) is 5.82 Å². The molecule has 0 aliphatic carbocycles. The van der Waals surface area contributed by atoms with Crippen molar-refractivity contribution in [1.82, 2.24) is 9.80 Å². The van der Waals surface area contributed by atoms with E-state index in [0.29, 0.717) is 26.2 Å². The number of carbonyl (C=O) groups excluding carboxylic acids is 1. The van der Waals surface area contributed by atoms with Gasteiger partial charge in [0.2, 0.25) is 0 Å². The summed E-state index contributed by atoms with van der Waals surface area (Å²) in [5, 5.41) is 10.1. The lowest BCUT2D eigenvalue weighted by Crippen LogP contribution is -2.56. The number of nitrogens with two attached hydrogens (primary N) is 1. The number of nitrogen functional groups attached to an aromatic ring is 1. The highest BCUT2D eigenvalue weighted by atomic mass is 35.5. The van der Waals surface area contributed by atoms with E-state index in [1.54, 1.807) is 18.7 Å². The van der Waals surface area contributed by atoms with Crippen molar-refractivity contribution < 1.29 is 14.3 Å². The molecule has 1 aromatic carbocycles. The first-order chi connectivity index (χ1) is 10.6. The quantitative estimate of drug-likeness (QED) is 0.823. The molecule has 0 unspecified atom stereocenters. The predicted octanol–water partition coefficient (Wildman–Crippen LogP) is 1.98. The molecular formula is C16H23ClFN3O2. The van der Waals surface area contributed by atoms with Crippen LogP contribution in [0.15, 0.2) is 12.1 Å². The fraction of sp³-hybridized carbons (Fsp3) is 0.562. The number of β-amino-alcohol motifs (C(OH)–C–C–N with tert-alkyl or cyclic N) is 1. The van der Waals surface area contributed by atoms with Crippen molar-refractivity contribution in [1.29, 1.82) is 0 Å². The summed E-state index contributed by atoms with van der Waals surface area (Å²) in [7, 11) is 0. The van der Waals surface area contributed by atoms with E-state index in [0.717, 1.165) is 6.07 Å². The van der Waals surface area contributed by atoms with Gasteiger partial charge in [-0.3, -0.25) is 9.69 Å². The van der Waals surface area contributed by atoms with Crippen LogP contribution in [0.5, 0.6) is 0 Å². The molecule has 128 valence electrons. The van der Waals surface area contributed by atoms with Crippen molar-refractivity contribution in [2.24, 2.45) is 0 Å². The van der Waals surface area contributed by atoms with Gasteiger partial charge in [0.25, 0.3) is 5.91 Å². The van der Waals surface area contributed by atoms with E-state index < -0.39 is 11.4 Å². The summed E-state index contributed by atoms with van der Waals surface area (Å²) < 4.78 is 13.7. The molecule has 1 amide bonds. The van der Waals surface area contributed by atoms with Gasteiger partial charge >= 0.3 is 0 Å². The number of carbonyl (C=O) groups is 1. The minimum absolute atomic E-state index is 0.0874. The maximum absolute atomic E-state index is 13.7. The molecule has 0 aromatic heterocycles. The summed E-state index contributed by atoms with van der Waals surface area (Å²) in [6.07, 6.45) is 0. The Morgan fingerprint density at radius 3 is 2.70 bits per heavy atom. The molecule has 23 heavy (non-hydrogen) atoms. The van der Waals surface area contributed by atoms with E-state index in [-0.39, 0.29) is 28.2 Å². The average Bonchev–Trinajstić information content (AvgIpc) is 2.43. The number of piperazine rings is 1. The monoisotopic (exact) mass is 343 g/mol. The SMILES string of the molecule is C[C@@H]1CN(C(=O)c2cc(Cl)cc(F)c2N)CCN1CC(C)(C)O. The molecule has 1 aliphatic heterocycles. The highest BCUT2D eigenvalue weighted by Crippen LogP contribution is 2.24. The van der Waals surface area contributed by atoms with E-state index >= 15 is 0 Å². The third-order valence-corrected chi connectivity index (χ3v) is 4.19. The highest BCUT2D eigenvalue weighted by molar-refractivity contribution is 6.31. The summed E-state index contributed by atoms with van der Waals surface area (Å²) in [4.78, 5) is 16.4. The topological polar surface area (TPSA) is 69.8 Å². The van der Waals surface area contributed by atoms with Gasteiger partial charge in [0.15, 0.2) is 0 Å². The molecule has 0 spiro atoms. The number of rotatable bonds is 3. The standard InChI is InChI=1S/C16H23ClFN3O2/c1-10-8-20(4-5-21(10)9-16(2,3)23)15(22)12-6-11(17)7-13(18)14(12)19/h6-7,10,23H,4-5,8-9,19H2,1-3H3/t10-/m1/s1. The Morgan fingerprint density at radius 1 is 1.48 bits per heavy atom. The number of halogens is 2. The molecule has 3 N–H and O–H groups in total. The number of amides is 1. The molecule has 1 saturated heterocycles. The van der Waals surface area contributed by atoms with Crippen LogP contribution in [0.2, 0.25) is 5.02 Å².